The predicted molar refractivity (Wildman–Crippen MR) is 86.8 cm³/mol. The Morgan fingerprint density at radius 2 is 1.29 bits per heavy atom. The van der Waals surface area contributed by atoms with Crippen LogP contribution >= 0.6 is 0 Å². The van der Waals surface area contributed by atoms with E-state index >= 15 is 0 Å². The van der Waals surface area contributed by atoms with Gasteiger partial charge < -0.3 is 5.11 Å². The van der Waals surface area contributed by atoms with E-state index in [9.17, 15) is 4.79 Å². The maximum Gasteiger partial charge on any atom is 0.336 e. The highest BCUT2D eigenvalue weighted by Crippen LogP contribution is 2.17. The van der Waals surface area contributed by atoms with E-state index in [1.54, 1.807) is 12.1 Å². The molecule has 0 bridgehead atoms. The van der Waals surface area contributed by atoms with Crippen LogP contribution in [0.1, 0.15) is 21.5 Å². The average molecular weight is 278 g/mol. The van der Waals surface area contributed by atoms with Crippen LogP contribution in [-0.4, -0.2) is 11.1 Å². The minimum atomic E-state index is -0.878. The fourth-order valence-electron chi connectivity index (χ4n) is 2.05. The molecule has 0 unspecified atom stereocenters. The number of carbonyl (C=O) groups is 1. The molecule has 21 heavy (non-hydrogen) atoms. The first-order valence-corrected chi connectivity index (χ1v) is 6.82. The summed E-state index contributed by atoms with van der Waals surface area (Å²) in [5, 5.41) is 10.6. The molecule has 106 valence electrons. The molecule has 3 rings (SSSR count). The van der Waals surface area contributed by atoms with Gasteiger partial charge in [0.1, 0.15) is 0 Å². The fraction of sp³-hybridized carbons (Fsp3) is 0.105. The molecule has 1 N–H and O–H groups in total. The number of hydrogen-bond acceptors (Lipinski definition) is 1. The summed E-state index contributed by atoms with van der Waals surface area (Å²) in [6.45, 7) is 4.19. The van der Waals surface area contributed by atoms with Crippen molar-refractivity contribution < 1.29 is 9.90 Å². The van der Waals surface area contributed by atoms with Gasteiger partial charge in [0, 0.05) is 0 Å². The van der Waals surface area contributed by atoms with Crippen LogP contribution < -0.4 is 0 Å². The first-order valence-electron chi connectivity index (χ1n) is 6.82. The normalized spacial score (nSPS) is 9.81. The summed E-state index contributed by atoms with van der Waals surface area (Å²) in [5.74, 6) is -0.878. The summed E-state index contributed by atoms with van der Waals surface area (Å²) in [4.78, 5) is 10.8. The average Bonchev–Trinajstić information content (AvgIpc) is 2.50. The molecule has 0 aliphatic rings. The molecule has 2 nitrogen and oxygen atoms in total. The Bertz CT molecular complexity index is 717. The molecule has 2 heteroatoms. The molecule has 0 amide bonds. The van der Waals surface area contributed by atoms with Gasteiger partial charge in [-0.15, -0.1) is 0 Å². The van der Waals surface area contributed by atoms with Gasteiger partial charge in [-0.2, -0.15) is 0 Å². The number of hydrogen-bond donors (Lipinski definition) is 1. The second-order valence-corrected chi connectivity index (χ2v) is 4.99. The monoisotopic (exact) mass is 278 g/mol. The van der Waals surface area contributed by atoms with E-state index in [0.717, 1.165) is 10.8 Å². The van der Waals surface area contributed by atoms with Crippen molar-refractivity contribution in [2.75, 3.05) is 0 Å². The van der Waals surface area contributed by atoms with Gasteiger partial charge >= 0.3 is 5.97 Å². The van der Waals surface area contributed by atoms with Crippen LogP contribution in [0.3, 0.4) is 0 Å². The lowest BCUT2D eigenvalue weighted by Crippen LogP contribution is -1.96. The quantitative estimate of drug-likeness (QED) is 0.691. The topological polar surface area (TPSA) is 37.3 Å². The van der Waals surface area contributed by atoms with Gasteiger partial charge in [-0.3, -0.25) is 0 Å². The Balaban J connectivity index is 0.000000173. The predicted octanol–water partition coefficient (Wildman–Crippen LogP) is 4.84. The summed E-state index contributed by atoms with van der Waals surface area (Å²) in [6.07, 6.45) is 0. The van der Waals surface area contributed by atoms with Crippen molar-refractivity contribution in [2.24, 2.45) is 0 Å². The van der Waals surface area contributed by atoms with Gasteiger partial charge in [-0.25, -0.2) is 4.79 Å². The van der Waals surface area contributed by atoms with Gasteiger partial charge in [0.15, 0.2) is 0 Å². The number of carboxylic acid groups (broad SMARTS) is 1. The molecular formula is C19H18O2. The Kier molecular flexibility index (Phi) is 4.72. The SMILES string of the molecule is Cc1ccc(C)cc1.O=C(O)c1cccc2ccccc12. The molecule has 0 heterocycles. The fourth-order valence-corrected chi connectivity index (χ4v) is 2.05. The lowest BCUT2D eigenvalue weighted by atomic mass is 10.1. The first-order chi connectivity index (χ1) is 10.1. The van der Waals surface area contributed by atoms with E-state index in [1.165, 1.54) is 11.1 Å². The molecule has 3 aromatic rings. The summed E-state index contributed by atoms with van der Waals surface area (Å²) >= 11 is 0. The van der Waals surface area contributed by atoms with Crippen LogP contribution in [0.25, 0.3) is 10.8 Å². The van der Waals surface area contributed by atoms with Crippen LogP contribution in [0.15, 0.2) is 66.7 Å². The van der Waals surface area contributed by atoms with Gasteiger partial charge in [-0.1, -0.05) is 71.8 Å². The van der Waals surface area contributed by atoms with E-state index in [0.29, 0.717) is 5.56 Å². The molecule has 0 aliphatic heterocycles. The van der Waals surface area contributed by atoms with Crippen LogP contribution in [-0.2, 0) is 0 Å². The van der Waals surface area contributed by atoms with Crippen LogP contribution in [0.4, 0.5) is 0 Å². The Labute approximate surface area is 124 Å². The number of rotatable bonds is 1. The zero-order valence-electron chi connectivity index (χ0n) is 12.2. The van der Waals surface area contributed by atoms with Gasteiger partial charge in [-0.05, 0) is 30.7 Å². The van der Waals surface area contributed by atoms with Crippen molar-refractivity contribution in [1.29, 1.82) is 0 Å². The zero-order valence-corrected chi connectivity index (χ0v) is 12.2. The third kappa shape index (κ3) is 3.93. The molecule has 0 radical (unpaired) electrons. The van der Waals surface area contributed by atoms with E-state index in [2.05, 4.69) is 38.1 Å². The van der Waals surface area contributed by atoms with Crippen molar-refractivity contribution in [3.63, 3.8) is 0 Å². The van der Waals surface area contributed by atoms with Crippen LogP contribution in [0.2, 0.25) is 0 Å². The number of aromatic carboxylic acids is 1. The van der Waals surface area contributed by atoms with E-state index < -0.39 is 5.97 Å². The maximum atomic E-state index is 10.8. The Morgan fingerprint density at radius 1 is 0.762 bits per heavy atom. The molecule has 0 saturated carbocycles. The third-order valence-corrected chi connectivity index (χ3v) is 3.24. The Hall–Kier alpha value is -2.61. The molecular weight excluding hydrogens is 260 g/mol. The summed E-state index contributed by atoms with van der Waals surface area (Å²) in [5.41, 5.74) is 3.02. The number of aryl methyl sites for hydroxylation is 2. The summed E-state index contributed by atoms with van der Waals surface area (Å²) < 4.78 is 0. The second kappa shape index (κ2) is 6.71. The highest BCUT2D eigenvalue weighted by Gasteiger charge is 2.05. The largest absolute Gasteiger partial charge is 0.478 e. The standard InChI is InChI=1S/C11H8O2.C8H10/c12-11(13)10-7-3-5-8-4-1-2-6-9(8)10;1-7-3-5-8(2)6-4-7/h1-7H,(H,12,13);3-6H,1-2H3. The highest BCUT2D eigenvalue weighted by atomic mass is 16.4. The van der Waals surface area contributed by atoms with E-state index in [4.69, 9.17) is 5.11 Å². The molecule has 0 spiro atoms. The molecule has 0 aromatic heterocycles. The number of carboxylic acids is 1. The molecule has 0 atom stereocenters. The van der Waals surface area contributed by atoms with Crippen molar-refractivity contribution in [3.8, 4) is 0 Å². The van der Waals surface area contributed by atoms with Crippen molar-refractivity contribution in [3.05, 3.63) is 83.4 Å². The first kappa shape index (κ1) is 14.8. The lowest BCUT2D eigenvalue weighted by molar-refractivity contribution is 0.0699. The second-order valence-electron chi connectivity index (χ2n) is 4.99. The smallest absolute Gasteiger partial charge is 0.336 e. The molecule has 0 aliphatic carbocycles. The van der Waals surface area contributed by atoms with Gasteiger partial charge in [0.2, 0.25) is 0 Å². The van der Waals surface area contributed by atoms with Crippen LogP contribution in [0.5, 0.6) is 0 Å². The van der Waals surface area contributed by atoms with Crippen molar-refractivity contribution in [2.45, 2.75) is 13.8 Å². The number of benzene rings is 3. The number of fused-ring (bicyclic) bond motifs is 1. The molecule has 0 saturated heterocycles. The minimum Gasteiger partial charge on any atom is -0.478 e. The molecule has 3 aromatic carbocycles. The van der Waals surface area contributed by atoms with Gasteiger partial charge in [0.25, 0.3) is 0 Å². The third-order valence-electron chi connectivity index (χ3n) is 3.24. The molecule has 0 fully saturated rings. The highest BCUT2D eigenvalue weighted by molar-refractivity contribution is 6.03. The van der Waals surface area contributed by atoms with E-state index in [1.807, 2.05) is 30.3 Å². The summed E-state index contributed by atoms with van der Waals surface area (Å²) in [6, 6.07) is 21.2. The van der Waals surface area contributed by atoms with E-state index in [-0.39, 0.29) is 0 Å². The van der Waals surface area contributed by atoms with Gasteiger partial charge in [0.05, 0.1) is 5.56 Å². The van der Waals surface area contributed by atoms with Crippen molar-refractivity contribution >= 4 is 16.7 Å². The summed E-state index contributed by atoms with van der Waals surface area (Å²) in [7, 11) is 0. The lowest BCUT2D eigenvalue weighted by Gasteiger charge is -2.00. The maximum absolute atomic E-state index is 10.8. The minimum absolute atomic E-state index is 0.359. The van der Waals surface area contributed by atoms with Crippen LogP contribution in [0, 0.1) is 13.8 Å². The van der Waals surface area contributed by atoms with Crippen molar-refractivity contribution in [1.82, 2.24) is 0 Å². The Morgan fingerprint density at radius 3 is 1.86 bits per heavy atom. The zero-order chi connectivity index (χ0) is 15.2.